The van der Waals surface area contributed by atoms with Gasteiger partial charge < -0.3 is 0 Å². The predicted molar refractivity (Wildman–Crippen MR) is 71.5 cm³/mol. The van der Waals surface area contributed by atoms with Gasteiger partial charge in [0.05, 0.1) is 15.7 Å². The zero-order chi connectivity index (χ0) is 12.2. The van der Waals surface area contributed by atoms with Gasteiger partial charge in [-0.25, -0.2) is 8.42 Å². The summed E-state index contributed by atoms with van der Waals surface area (Å²) in [6, 6.07) is 4.47. The van der Waals surface area contributed by atoms with Crippen molar-refractivity contribution in [2.75, 3.05) is 11.1 Å². The number of benzene rings is 1. The first-order valence-electron chi connectivity index (χ1n) is 4.71. The molecule has 1 aromatic rings. The summed E-state index contributed by atoms with van der Waals surface area (Å²) in [5.74, 6) is 0.0959. The third-order valence-electron chi connectivity index (χ3n) is 2.03. The van der Waals surface area contributed by atoms with Crippen LogP contribution in [0.3, 0.4) is 0 Å². The summed E-state index contributed by atoms with van der Waals surface area (Å²) < 4.78 is 23.8. The number of sulfone groups is 1. The van der Waals surface area contributed by atoms with Crippen molar-refractivity contribution in [2.24, 2.45) is 0 Å². The fourth-order valence-corrected chi connectivity index (χ4v) is 3.79. The molecule has 0 bridgehead atoms. The van der Waals surface area contributed by atoms with Crippen LogP contribution in [-0.4, -0.2) is 19.5 Å². The molecule has 0 aromatic heterocycles. The normalized spacial score (nSPS) is 11.7. The molecule has 6 heteroatoms. The van der Waals surface area contributed by atoms with Gasteiger partial charge >= 0.3 is 0 Å². The van der Waals surface area contributed by atoms with Crippen LogP contribution in [0.25, 0.3) is 0 Å². The lowest BCUT2D eigenvalue weighted by atomic mass is 10.4. The Morgan fingerprint density at radius 2 is 1.88 bits per heavy atom. The molecule has 0 atom stereocenters. The molecule has 90 valence electrons. The molecule has 0 fully saturated rings. The van der Waals surface area contributed by atoms with Crippen LogP contribution in [0.2, 0.25) is 10.0 Å². The summed E-state index contributed by atoms with van der Waals surface area (Å²) in [5, 5.41) is 1.40. The highest BCUT2D eigenvalue weighted by molar-refractivity contribution is 9.09. The largest absolute Gasteiger partial charge is 0.224 e. The van der Waals surface area contributed by atoms with Gasteiger partial charge in [0.1, 0.15) is 0 Å². The second kappa shape index (κ2) is 6.24. The van der Waals surface area contributed by atoms with Gasteiger partial charge in [0.25, 0.3) is 0 Å². The number of alkyl halides is 1. The summed E-state index contributed by atoms with van der Waals surface area (Å²) in [6.45, 7) is 0. The smallest absolute Gasteiger partial charge is 0.179 e. The Kier molecular flexibility index (Phi) is 5.57. The quantitative estimate of drug-likeness (QED) is 0.598. The van der Waals surface area contributed by atoms with Gasteiger partial charge in [-0.2, -0.15) is 0 Å². The Bertz CT molecular complexity index is 460. The lowest BCUT2D eigenvalue weighted by molar-refractivity contribution is 0.593. The molecule has 2 nitrogen and oxygen atoms in total. The van der Waals surface area contributed by atoms with E-state index in [2.05, 4.69) is 15.9 Å². The molecule has 0 unspecified atom stereocenters. The third-order valence-corrected chi connectivity index (χ3v) is 5.10. The van der Waals surface area contributed by atoms with Crippen LogP contribution in [0.4, 0.5) is 0 Å². The van der Waals surface area contributed by atoms with E-state index in [1.807, 2.05) is 0 Å². The van der Waals surface area contributed by atoms with E-state index in [1.54, 1.807) is 6.07 Å². The topological polar surface area (TPSA) is 34.1 Å². The predicted octanol–water partition coefficient (Wildman–Crippen LogP) is 3.94. The maximum Gasteiger partial charge on any atom is 0.179 e. The van der Waals surface area contributed by atoms with Crippen LogP contribution in [0, 0.1) is 0 Å². The molecule has 0 aliphatic heterocycles. The Labute approximate surface area is 114 Å². The SMILES string of the molecule is O=S(=O)(CCCCBr)c1cc(Cl)ccc1Cl. The van der Waals surface area contributed by atoms with Crippen LogP contribution in [0.1, 0.15) is 12.8 Å². The minimum Gasteiger partial charge on any atom is -0.224 e. The van der Waals surface area contributed by atoms with Crippen LogP contribution >= 0.6 is 39.1 Å². The summed E-state index contributed by atoms with van der Waals surface area (Å²) in [4.78, 5) is 0.122. The first-order chi connectivity index (χ1) is 7.47. The molecule has 16 heavy (non-hydrogen) atoms. The van der Waals surface area contributed by atoms with E-state index in [-0.39, 0.29) is 15.7 Å². The van der Waals surface area contributed by atoms with E-state index in [1.165, 1.54) is 12.1 Å². The second-order valence-corrected chi connectivity index (χ2v) is 7.00. The van der Waals surface area contributed by atoms with Gasteiger partial charge in [0.15, 0.2) is 9.84 Å². The van der Waals surface area contributed by atoms with Gasteiger partial charge in [-0.1, -0.05) is 39.1 Å². The van der Waals surface area contributed by atoms with Crippen molar-refractivity contribution in [1.82, 2.24) is 0 Å². The van der Waals surface area contributed by atoms with E-state index in [4.69, 9.17) is 23.2 Å². The van der Waals surface area contributed by atoms with Crippen LogP contribution in [-0.2, 0) is 9.84 Å². The standard InChI is InChI=1S/C10H11BrCl2O2S/c11-5-1-2-6-16(14,15)10-7-8(12)3-4-9(10)13/h3-4,7H,1-2,5-6H2. The van der Waals surface area contributed by atoms with E-state index < -0.39 is 9.84 Å². The van der Waals surface area contributed by atoms with E-state index in [9.17, 15) is 8.42 Å². The molecule has 0 spiro atoms. The van der Waals surface area contributed by atoms with E-state index >= 15 is 0 Å². The van der Waals surface area contributed by atoms with Crippen molar-refractivity contribution >= 4 is 49.0 Å². The maximum atomic E-state index is 11.9. The average molecular weight is 346 g/mol. The molecule has 0 amide bonds. The van der Waals surface area contributed by atoms with E-state index in [0.717, 1.165) is 11.8 Å². The summed E-state index contributed by atoms with van der Waals surface area (Å²) in [7, 11) is -3.32. The average Bonchev–Trinajstić information content (AvgIpc) is 2.22. The zero-order valence-electron chi connectivity index (χ0n) is 8.42. The first kappa shape index (κ1) is 14.3. The van der Waals surface area contributed by atoms with E-state index in [0.29, 0.717) is 11.4 Å². The minimum absolute atomic E-state index is 0.0959. The molecule has 0 aliphatic carbocycles. The third kappa shape index (κ3) is 3.91. The number of rotatable bonds is 5. The van der Waals surface area contributed by atoms with Crippen LogP contribution in [0.15, 0.2) is 23.1 Å². The van der Waals surface area contributed by atoms with Gasteiger partial charge in [-0.15, -0.1) is 0 Å². The monoisotopic (exact) mass is 344 g/mol. The number of halogens is 3. The lowest BCUT2D eigenvalue weighted by Gasteiger charge is -2.06. The number of hydrogen-bond acceptors (Lipinski definition) is 2. The highest BCUT2D eigenvalue weighted by Crippen LogP contribution is 2.26. The first-order valence-corrected chi connectivity index (χ1v) is 8.24. The molecule has 0 heterocycles. The molecule has 0 N–H and O–H groups in total. The van der Waals surface area contributed by atoms with Crippen LogP contribution in [0.5, 0.6) is 0 Å². The molecule has 1 aromatic carbocycles. The summed E-state index contributed by atoms with van der Waals surface area (Å²) in [5.41, 5.74) is 0. The van der Waals surface area contributed by atoms with Gasteiger partial charge in [0.2, 0.25) is 0 Å². The molecule has 0 radical (unpaired) electrons. The number of hydrogen-bond donors (Lipinski definition) is 0. The number of unbranched alkanes of at least 4 members (excludes halogenated alkanes) is 1. The fraction of sp³-hybridized carbons (Fsp3) is 0.400. The molecule has 0 saturated heterocycles. The second-order valence-electron chi connectivity index (χ2n) is 3.29. The zero-order valence-corrected chi connectivity index (χ0v) is 12.3. The van der Waals surface area contributed by atoms with Crippen molar-refractivity contribution < 1.29 is 8.42 Å². The highest BCUT2D eigenvalue weighted by Gasteiger charge is 2.17. The summed E-state index contributed by atoms with van der Waals surface area (Å²) >= 11 is 14.9. The van der Waals surface area contributed by atoms with Gasteiger partial charge in [-0.05, 0) is 31.0 Å². The molecule has 0 aliphatic rings. The molecular weight excluding hydrogens is 335 g/mol. The lowest BCUT2D eigenvalue weighted by Crippen LogP contribution is -2.07. The summed E-state index contributed by atoms with van der Waals surface area (Å²) in [6.07, 6.45) is 1.42. The van der Waals surface area contributed by atoms with Gasteiger partial charge in [0, 0.05) is 10.4 Å². The molecule has 0 saturated carbocycles. The maximum absolute atomic E-state index is 11.9. The van der Waals surface area contributed by atoms with Crippen molar-refractivity contribution in [3.8, 4) is 0 Å². The van der Waals surface area contributed by atoms with Gasteiger partial charge in [-0.3, -0.25) is 0 Å². The Morgan fingerprint density at radius 3 is 2.50 bits per heavy atom. The molecular formula is C10H11BrCl2O2S. The Hall–Kier alpha value is 0.230. The van der Waals surface area contributed by atoms with Crippen molar-refractivity contribution in [3.05, 3.63) is 28.2 Å². The Morgan fingerprint density at radius 1 is 1.19 bits per heavy atom. The Balaban J connectivity index is 2.93. The van der Waals surface area contributed by atoms with Crippen LogP contribution < -0.4 is 0 Å². The van der Waals surface area contributed by atoms with Crippen molar-refractivity contribution in [2.45, 2.75) is 17.7 Å². The fourth-order valence-electron chi connectivity index (χ4n) is 1.21. The van der Waals surface area contributed by atoms with Crippen molar-refractivity contribution in [3.63, 3.8) is 0 Å². The highest BCUT2D eigenvalue weighted by atomic mass is 79.9. The molecule has 1 rings (SSSR count). The minimum atomic E-state index is -3.32. The van der Waals surface area contributed by atoms with Crippen molar-refractivity contribution in [1.29, 1.82) is 0 Å².